The lowest BCUT2D eigenvalue weighted by Crippen LogP contribution is -2.34. The lowest BCUT2D eigenvalue weighted by atomic mass is 10.0. The van der Waals surface area contributed by atoms with Gasteiger partial charge in [0.05, 0.1) is 24.4 Å². The van der Waals surface area contributed by atoms with E-state index < -0.39 is 5.60 Å². The Morgan fingerprint density at radius 3 is 2.48 bits per heavy atom. The molecule has 2 aromatic carbocycles. The Morgan fingerprint density at radius 1 is 1.08 bits per heavy atom. The van der Waals surface area contributed by atoms with E-state index in [0.29, 0.717) is 19.6 Å². The van der Waals surface area contributed by atoms with E-state index in [2.05, 4.69) is 24.3 Å². The maximum atomic E-state index is 12.0. The van der Waals surface area contributed by atoms with Crippen molar-refractivity contribution in [3.8, 4) is 0 Å². The van der Waals surface area contributed by atoms with Crippen LogP contribution in [0.4, 0.5) is 0 Å². The van der Waals surface area contributed by atoms with Crippen molar-refractivity contribution in [3.63, 3.8) is 0 Å². The number of benzene rings is 2. The molecule has 0 spiro atoms. The molecule has 4 heteroatoms. The molecule has 3 rings (SSSR count). The van der Waals surface area contributed by atoms with Crippen molar-refractivity contribution in [2.45, 2.75) is 45.9 Å². The van der Waals surface area contributed by atoms with Gasteiger partial charge in [-0.1, -0.05) is 55.5 Å². The molecule has 0 bridgehead atoms. The number of fused-ring (bicyclic) bond motifs is 1. The molecule has 3 aromatic rings. The smallest absolute Gasteiger partial charge is 0.163 e. The van der Waals surface area contributed by atoms with Crippen molar-refractivity contribution in [1.29, 1.82) is 0 Å². The minimum atomic E-state index is -0.793. The van der Waals surface area contributed by atoms with Crippen LogP contribution in [0.2, 0.25) is 0 Å². The normalized spacial score (nSPS) is 11.8. The summed E-state index contributed by atoms with van der Waals surface area (Å²) in [5, 5.41) is 5.82. The fourth-order valence-corrected chi connectivity index (χ4v) is 2.93. The van der Waals surface area contributed by atoms with Crippen LogP contribution >= 0.6 is 0 Å². The number of ether oxygens (including phenoxy) is 1. The van der Waals surface area contributed by atoms with Crippen molar-refractivity contribution in [1.82, 2.24) is 9.78 Å². The van der Waals surface area contributed by atoms with E-state index in [1.54, 1.807) is 0 Å². The molecule has 0 aliphatic carbocycles. The lowest BCUT2D eigenvalue weighted by molar-refractivity contribution is -0.141. The predicted molar refractivity (Wildman–Crippen MR) is 99.4 cm³/mol. The first-order valence-corrected chi connectivity index (χ1v) is 8.67. The summed E-state index contributed by atoms with van der Waals surface area (Å²) in [7, 11) is 0. The molecule has 1 aromatic heterocycles. The van der Waals surface area contributed by atoms with Crippen LogP contribution in [0, 0.1) is 0 Å². The molecule has 0 fully saturated rings. The Balaban J connectivity index is 1.88. The summed E-state index contributed by atoms with van der Waals surface area (Å²) in [5.74, 6) is 0.0977. The molecular weight excluding hydrogens is 312 g/mol. The maximum Gasteiger partial charge on any atom is 0.163 e. The zero-order valence-electron chi connectivity index (χ0n) is 15.0. The van der Waals surface area contributed by atoms with Crippen molar-refractivity contribution < 1.29 is 9.53 Å². The predicted octanol–water partition coefficient (Wildman–Crippen LogP) is 4.36. The minimum Gasteiger partial charge on any atom is -0.361 e. The molecule has 0 unspecified atom stereocenters. The van der Waals surface area contributed by atoms with E-state index in [4.69, 9.17) is 9.84 Å². The van der Waals surface area contributed by atoms with Gasteiger partial charge in [-0.15, -0.1) is 0 Å². The molecular formula is C21H24N2O2. The maximum absolute atomic E-state index is 12.0. The Kier molecular flexibility index (Phi) is 5.00. The van der Waals surface area contributed by atoms with Gasteiger partial charge in [0.2, 0.25) is 0 Å². The average molecular weight is 336 g/mol. The van der Waals surface area contributed by atoms with Crippen LogP contribution < -0.4 is 0 Å². The molecule has 0 aliphatic rings. The summed E-state index contributed by atoms with van der Waals surface area (Å²) in [6.07, 6.45) is 0.468. The first-order chi connectivity index (χ1) is 12.0. The second-order valence-electron chi connectivity index (χ2n) is 6.68. The summed E-state index contributed by atoms with van der Waals surface area (Å²) in [6, 6.07) is 18.4. The third kappa shape index (κ3) is 3.80. The summed E-state index contributed by atoms with van der Waals surface area (Å²) in [5.41, 5.74) is 2.34. The molecule has 130 valence electrons. The first kappa shape index (κ1) is 17.4. The van der Waals surface area contributed by atoms with Gasteiger partial charge in [0, 0.05) is 11.8 Å². The Bertz CT molecular complexity index is 866. The van der Waals surface area contributed by atoms with Crippen LogP contribution in [0.25, 0.3) is 10.9 Å². The Hall–Kier alpha value is -2.46. The van der Waals surface area contributed by atoms with Gasteiger partial charge in [-0.2, -0.15) is 5.10 Å². The summed E-state index contributed by atoms with van der Waals surface area (Å²) in [4.78, 5) is 12.0. The monoisotopic (exact) mass is 336 g/mol. The topological polar surface area (TPSA) is 44.1 Å². The zero-order chi connectivity index (χ0) is 17.9. The van der Waals surface area contributed by atoms with E-state index in [-0.39, 0.29) is 5.78 Å². The summed E-state index contributed by atoms with van der Waals surface area (Å²) >= 11 is 0. The van der Waals surface area contributed by atoms with Crippen molar-refractivity contribution in [3.05, 3.63) is 65.9 Å². The molecule has 0 N–H and O–H groups in total. The lowest BCUT2D eigenvalue weighted by Gasteiger charge is -2.22. The molecule has 1 heterocycles. The molecule has 0 aliphatic heterocycles. The highest BCUT2D eigenvalue weighted by molar-refractivity contribution is 5.86. The van der Waals surface area contributed by atoms with Crippen molar-refractivity contribution in [2.75, 3.05) is 0 Å². The minimum absolute atomic E-state index is 0.0977. The van der Waals surface area contributed by atoms with Gasteiger partial charge >= 0.3 is 0 Å². The standard InChI is InChI=1S/C21H24N2O2/c1-4-20(24)21(2,3)25-15-18-17-12-8-9-13-19(17)23(22-18)14-16-10-6-5-7-11-16/h5-13H,4,14-15H2,1-3H3. The average Bonchev–Trinajstić information content (AvgIpc) is 2.98. The van der Waals surface area contributed by atoms with Crippen LogP contribution in [0.5, 0.6) is 0 Å². The third-order valence-corrected chi connectivity index (χ3v) is 4.47. The van der Waals surface area contributed by atoms with Crippen LogP contribution in [-0.4, -0.2) is 21.2 Å². The Morgan fingerprint density at radius 2 is 1.76 bits per heavy atom. The second kappa shape index (κ2) is 7.19. The number of hydrogen-bond donors (Lipinski definition) is 0. The van der Waals surface area contributed by atoms with Gasteiger partial charge < -0.3 is 4.74 Å². The molecule has 0 amide bonds. The quantitative estimate of drug-likeness (QED) is 0.644. The van der Waals surface area contributed by atoms with E-state index in [1.165, 1.54) is 5.56 Å². The number of aromatic nitrogens is 2. The summed E-state index contributed by atoms with van der Waals surface area (Å²) < 4.78 is 7.91. The van der Waals surface area contributed by atoms with E-state index in [1.807, 2.05) is 55.8 Å². The van der Waals surface area contributed by atoms with E-state index in [9.17, 15) is 4.79 Å². The van der Waals surface area contributed by atoms with Crippen LogP contribution in [0.3, 0.4) is 0 Å². The molecule has 0 radical (unpaired) electrons. The highest BCUT2D eigenvalue weighted by Gasteiger charge is 2.27. The number of carbonyl (C=O) groups excluding carboxylic acids is 1. The number of nitrogens with zero attached hydrogens (tertiary/aromatic N) is 2. The van der Waals surface area contributed by atoms with Crippen LogP contribution in [0.15, 0.2) is 54.6 Å². The highest BCUT2D eigenvalue weighted by Crippen LogP contribution is 2.23. The second-order valence-corrected chi connectivity index (χ2v) is 6.68. The summed E-state index contributed by atoms with van der Waals surface area (Å²) in [6.45, 7) is 6.53. The Labute approximate surface area is 148 Å². The van der Waals surface area contributed by atoms with Gasteiger partial charge in [0.15, 0.2) is 5.78 Å². The molecule has 25 heavy (non-hydrogen) atoms. The van der Waals surface area contributed by atoms with Crippen molar-refractivity contribution in [2.24, 2.45) is 0 Å². The number of Topliss-reactive ketones (excluding diaryl/α,β-unsaturated/α-hetero) is 1. The van der Waals surface area contributed by atoms with Gasteiger partial charge in [-0.3, -0.25) is 9.48 Å². The fourth-order valence-electron chi connectivity index (χ4n) is 2.93. The molecule has 0 saturated heterocycles. The molecule has 0 saturated carbocycles. The zero-order valence-corrected chi connectivity index (χ0v) is 15.0. The van der Waals surface area contributed by atoms with E-state index in [0.717, 1.165) is 16.6 Å². The van der Waals surface area contributed by atoms with Gasteiger partial charge in [0.25, 0.3) is 0 Å². The van der Waals surface area contributed by atoms with Gasteiger partial charge in [-0.25, -0.2) is 0 Å². The van der Waals surface area contributed by atoms with Crippen LogP contribution in [-0.2, 0) is 22.7 Å². The first-order valence-electron chi connectivity index (χ1n) is 8.67. The SMILES string of the molecule is CCC(=O)C(C)(C)OCc1nn(Cc2ccccc2)c2ccccc12. The van der Waals surface area contributed by atoms with Gasteiger partial charge in [0.1, 0.15) is 5.60 Å². The molecule has 0 atom stereocenters. The number of para-hydroxylation sites is 1. The number of hydrogen-bond acceptors (Lipinski definition) is 3. The third-order valence-electron chi connectivity index (χ3n) is 4.47. The van der Waals surface area contributed by atoms with Crippen molar-refractivity contribution >= 4 is 16.7 Å². The largest absolute Gasteiger partial charge is 0.361 e. The van der Waals surface area contributed by atoms with E-state index >= 15 is 0 Å². The number of rotatable bonds is 7. The molecule has 4 nitrogen and oxygen atoms in total. The van der Waals surface area contributed by atoms with Gasteiger partial charge in [-0.05, 0) is 25.5 Å². The van der Waals surface area contributed by atoms with Crippen LogP contribution in [0.1, 0.15) is 38.4 Å². The number of ketones is 1. The fraction of sp³-hybridized carbons (Fsp3) is 0.333. The number of carbonyl (C=O) groups is 1. The highest BCUT2D eigenvalue weighted by atomic mass is 16.5.